The summed E-state index contributed by atoms with van der Waals surface area (Å²) in [5.74, 6) is 0.949. The second kappa shape index (κ2) is 5.17. The van der Waals surface area contributed by atoms with Gasteiger partial charge in [0.05, 0.1) is 5.92 Å². The SMILES string of the molecule is CC[C@@H]1C[C@@H]1C(=O)NC(OC)C(C=O)C1CC1. The minimum Gasteiger partial charge on any atom is -0.361 e. The van der Waals surface area contributed by atoms with Gasteiger partial charge in [0.2, 0.25) is 5.91 Å². The standard InChI is InChI=1S/C13H21NO3/c1-3-8-6-10(8)12(16)14-13(17-2)11(7-15)9-4-5-9/h7-11,13H,3-6H2,1-2H3,(H,14,16)/t8-,10+,11?,13?/m1/s1. The Morgan fingerprint density at radius 1 is 1.53 bits per heavy atom. The molecule has 0 aromatic heterocycles. The fraction of sp³-hybridized carbons (Fsp3) is 0.846. The maximum absolute atomic E-state index is 11.9. The zero-order chi connectivity index (χ0) is 12.4. The van der Waals surface area contributed by atoms with Crippen molar-refractivity contribution in [1.29, 1.82) is 0 Å². The molecule has 2 fully saturated rings. The van der Waals surface area contributed by atoms with Crippen molar-refractivity contribution in [2.45, 2.75) is 38.8 Å². The van der Waals surface area contributed by atoms with E-state index in [0.717, 1.165) is 32.0 Å². The van der Waals surface area contributed by atoms with Crippen LogP contribution in [0.2, 0.25) is 0 Å². The summed E-state index contributed by atoms with van der Waals surface area (Å²) in [6.07, 6.45) is 4.66. The summed E-state index contributed by atoms with van der Waals surface area (Å²) in [5, 5.41) is 2.87. The van der Waals surface area contributed by atoms with Gasteiger partial charge in [0.1, 0.15) is 12.5 Å². The zero-order valence-corrected chi connectivity index (χ0v) is 10.5. The first-order valence-electron chi connectivity index (χ1n) is 6.49. The van der Waals surface area contributed by atoms with E-state index in [1.54, 1.807) is 7.11 Å². The minimum absolute atomic E-state index is 0.0520. The molecule has 1 amide bonds. The number of aldehydes is 1. The molecule has 96 valence electrons. The molecule has 0 radical (unpaired) electrons. The van der Waals surface area contributed by atoms with Gasteiger partial charge in [0, 0.05) is 13.0 Å². The van der Waals surface area contributed by atoms with Gasteiger partial charge in [-0.1, -0.05) is 13.3 Å². The molecule has 0 aliphatic heterocycles. The number of hydrogen-bond donors (Lipinski definition) is 1. The number of nitrogens with one attached hydrogen (secondary N) is 1. The summed E-state index contributed by atoms with van der Waals surface area (Å²) >= 11 is 0. The molecular weight excluding hydrogens is 218 g/mol. The molecule has 4 atom stereocenters. The Kier molecular flexibility index (Phi) is 3.82. The minimum atomic E-state index is -0.439. The van der Waals surface area contributed by atoms with Gasteiger partial charge in [-0.15, -0.1) is 0 Å². The van der Waals surface area contributed by atoms with E-state index < -0.39 is 6.23 Å². The fourth-order valence-electron chi connectivity index (χ4n) is 2.49. The van der Waals surface area contributed by atoms with Crippen molar-refractivity contribution in [3.8, 4) is 0 Å². The Balaban J connectivity index is 1.86. The lowest BCUT2D eigenvalue weighted by atomic mass is 10.0. The summed E-state index contributed by atoms with van der Waals surface area (Å²) < 4.78 is 5.26. The monoisotopic (exact) mass is 239 g/mol. The van der Waals surface area contributed by atoms with Crippen LogP contribution in [-0.4, -0.2) is 25.5 Å². The van der Waals surface area contributed by atoms with Crippen LogP contribution in [0, 0.1) is 23.7 Å². The molecule has 17 heavy (non-hydrogen) atoms. The Morgan fingerprint density at radius 2 is 2.24 bits per heavy atom. The molecule has 2 aliphatic rings. The summed E-state index contributed by atoms with van der Waals surface area (Å²) in [5.41, 5.74) is 0. The molecule has 4 nitrogen and oxygen atoms in total. The predicted octanol–water partition coefficient (Wildman–Crippen LogP) is 1.35. The summed E-state index contributed by atoms with van der Waals surface area (Å²) in [6, 6.07) is 0. The number of rotatable bonds is 7. The third kappa shape index (κ3) is 2.86. The third-order valence-electron chi connectivity index (χ3n) is 4.00. The van der Waals surface area contributed by atoms with Crippen molar-refractivity contribution >= 4 is 12.2 Å². The largest absolute Gasteiger partial charge is 0.361 e. The predicted molar refractivity (Wildman–Crippen MR) is 63.1 cm³/mol. The molecule has 4 heteroatoms. The van der Waals surface area contributed by atoms with E-state index in [2.05, 4.69) is 12.2 Å². The summed E-state index contributed by atoms with van der Waals surface area (Å²) in [7, 11) is 1.55. The Labute approximate surface area is 102 Å². The second-order valence-corrected chi connectivity index (χ2v) is 5.23. The molecule has 2 aliphatic carbocycles. The average molecular weight is 239 g/mol. The van der Waals surface area contributed by atoms with Crippen LogP contribution in [0.3, 0.4) is 0 Å². The van der Waals surface area contributed by atoms with Gasteiger partial charge in [0.25, 0.3) is 0 Å². The molecule has 0 bridgehead atoms. The third-order valence-corrected chi connectivity index (χ3v) is 4.00. The van der Waals surface area contributed by atoms with Gasteiger partial charge in [-0.3, -0.25) is 4.79 Å². The highest BCUT2D eigenvalue weighted by molar-refractivity contribution is 5.82. The Bertz CT molecular complexity index is 301. The van der Waals surface area contributed by atoms with E-state index in [9.17, 15) is 9.59 Å². The van der Waals surface area contributed by atoms with Crippen LogP contribution in [-0.2, 0) is 14.3 Å². The number of methoxy groups -OCH3 is 1. The molecule has 1 N–H and O–H groups in total. The molecule has 0 heterocycles. The van der Waals surface area contributed by atoms with Crippen LogP contribution in [0.4, 0.5) is 0 Å². The first-order valence-corrected chi connectivity index (χ1v) is 6.49. The molecule has 0 aromatic rings. The van der Waals surface area contributed by atoms with Crippen LogP contribution in [0.1, 0.15) is 32.6 Å². The molecule has 0 aromatic carbocycles. The fourth-order valence-corrected chi connectivity index (χ4v) is 2.49. The molecular formula is C13H21NO3. The van der Waals surface area contributed by atoms with Crippen molar-refractivity contribution < 1.29 is 14.3 Å². The molecule has 2 saturated carbocycles. The van der Waals surface area contributed by atoms with Crippen LogP contribution in [0.25, 0.3) is 0 Å². The second-order valence-electron chi connectivity index (χ2n) is 5.23. The molecule has 2 rings (SSSR count). The van der Waals surface area contributed by atoms with Gasteiger partial charge in [-0.2, -0.15) is 0 Å². The van der Waals surface area contributed by atoms with E-state index >= 15 is 0 Å². The first kappa shape index (κ1) is 12.6. The first-order chi connectivity index (χ1) is 8.21. The number of amides is 1. The molecule has 0 spiro atoms. The lowest BCUT2D eigenvalue weighted by Crippen LogP contribution is -2.44. The number of carbonyl (C=O) groups is 2. The van der Waals surface area contributed by atoms with Crippen molar-refractivity contribution in [2.75, 3.05) is 7.11 Å². The van der Waals surface area contributed by atoms with E-state index in [-0.39, 0.29) is 17.7 Å². The molecule has 2 unspecified atom stereocenters. The lowest BCUT2D eigenvalue weighted by Gasteiger charge is -2.22. The molecule has 0 saturated heterocycles. The van der Waals surface area contributed by atoms with Gasteiger partial charge in [0.15, 0.2) is 0 Å². The van der Waals surface area contributed by atoms with Crippen LogP contribution in [0.5, 0.6) is 0 Å². The Morgan fingerprint density at radius 3 is 2.65 bits per heavy atom. The number of carbonyl (C=O) groups excluding carboxylic acids is 2. The maximum atomic E-state index is 11.9. The highest BCUT2D eigenvalue weighted by Crippen LogP contribution is 2.42. The smallest absolute Gasteiger partial charge is 0.225 e. The summed E-state index contributed by atoms with van der Waals surface area (Å²) in [6.45, 7) is 2.10. The zero-order valence-electron chi connectivity index (χ0n) is 10.5. The van der Waals surface area contributed by atoms with Crippen molar-refractivity contribution in [3.05, 3.63) is 0 Å². The average Bonchev–Trinajstić information content (AvgIpc) is 3.19. The van der Waals surface area contributed by atoms with E-state index in [4.69, 9.17) is 4.74 Å². The number of hydrogen-bond acceptors (Lipinski definition) is 3. The van der Waals surface area contributed by atoms with Gasteiger partial charge in [-0.25, -0.2) is 0 Å². The quantitative estimate of drug-likeness (QED) is 0.539. The van der Waals surface area contributed by atoms with Gasteiger partial charge < -0.3 is 14.8 Å². The normalized spacial score (nSPS) is 30.5. The van der Waals surface area contributed by atoms with Crippen molar-refractivity contribution in [2.24, 2.45) is 23.7 Å². The Hall–Kier alpha value is -0.900. The number of ether oxygens (including phenoxy) is 1. The maximum Gasteiger partial charge on any atom is 0.225 e. The highest BCUT2D eigenvalue weighted by atomic mass is 16.5. The topological polar surface area (TPSA) is 55.4 Å². The van der Waals surface area contributed by atoms with Gasteiger partial charge in [-0.05, 0) is 31.1 Å². The van der Waals surface area contributed by atoms with E-state index in [0.29, 0.717) is 11.8 Å². The van der Waals surface area contributed by atoms with Crippen LogP contribution >= 0.6 is 0 Å². The van der Waals surface area contributed by atoms with Crippen LogP contribution < -0.4 is 5.32 Å². The van der Waals surface area contributed by atoms with Crippen LogP contribution in [0.15, 0.2) is 0 Å². The van der Waals surface area contributed by atoms with Crippen molar-refractivity contribution in [1.82, 2.24) is 5.32 Å². The van der Waals surface area contributed by atoms with E-state index in [1.807, 2.05) is 0 Å². The van der Waals surface area contributed by atoms with Gasteiger partial charge >= 0.3 is 0 Å². The lowest BCUT2D eigenvalue weighted by molar-refractivity contribution is -0.130. The van der Waals surface area contributed by atoms with Crippen molar-refractivity contribution in [3.63, 3.8) is 0 Å². The highest BCUT2D eigenvalue weighted by Gasteiger charge is 2.44. The van der Waals surface area contributed by atoms with E-state index in [1.165, 1.54) is 0 Å². The summed E-state index contributed by atoms with van der Waals surface area (Å²) in [4.78, 5) is 22.9.